The Morgan fingerprint density at radius 2 is 2.42 bits per heavy atom. The molecule has 0 bridgehead atoms. The maximum absolute atomic E-state index is 5.83. The lowest BCUT2D eigenvalue weighted by Gasteiger charge is -1.98. The molecule has 2 rings (SSSR count). The highest BCUT2D eigenvalue weighted by atomic mass is 35.5. The lowest BCUT2D eigenvalue weighted by molar-refractivity contribution is 0.426. The molecule has 1 saturated heterocycles. The van der Waals surface area contributed by atoms with E-state index in [1.807, 2.05) is 18.2 Å². The normalized spacial score (nSPS) is 20.9. The highest BCUT2D eigenvalue weighted by Crippen LogP contribution is 2.25. The summed E-state index contributed by atoms with van der Waals surface area (Å²) in [5, 5.41) is 0.803. The van der Waals surface area contributed by atoms with Crippen molar-refractivity contribution in [1.82, 2.24) is 0 Å². The Bertz CT molecular complexity index is 273. The van der Waals surface area contributed by atoms with Crippen LogP contribution in [0.4, 0.5) is 0 Å². The molecular weight excluding hydrogens is 192 g/mol. The van der Waals surface area contributed by atoms with E-state index in [0.29, 0.717) is 6.10 Å². The van der Waals surface area contributed by atoms with Crippen molar-refractivity contribution in [2.24, 2.45) is 0 Å². The maximum atomic E-state index is 5.83. The van der Waals surface area contributed by atoms with E-state index < -0.39 is 0 Å². The van der Waals surface area contributed by atoms with Gasteiger partial charge >= 0.3 is 0 Å². The summed E-state index contributed by atoms with van der Waals surface area (Å²) in [6.45, 7) is 0.924. The predicted octanol–water partition coefficient (Wildman–Crippen LogP) is 2.83. The van der Waals surface area contributed by atoms with Gasteiger partial charge in [0.05, 0.1) is 12.7 Å². The number of halogens is 1. The largest absolute Gasteiger partial charge is 0.372 e. The minimum atomic E-state index is 0.481. The van der Waals surface area contributed by atoms with Gasteiger partial charge in [-0.25, -0.2) is 0 Å². The molecule has 1 aromatic carbocycles. The van der Waals surface area contributed by atoms with Gasteiger partial charge in [-0.15, -0.1) is 11.8 Å². The van der Waals surface area contributed by atoms with Crippen LogP contribution in [0.15, 0.2) is 29.2 Å². The van der Waals surface area contributed by atoms with Crippen molar-refractivity contribution in [2.45, 2.75) is 11.0 Å². The van der Waals surface area contributed by atoms with E-state index >= 15 is 0 Å². The summed E-state index contributed by atoms with van der Waals surface area (Å²) in [5.41, 5.74) is 0. The van der Waals surface area contributed by atoms with Crippen LogP contribution in [0.2, 0.25) is 5.02 Å². The molecule has 0 aromatic heterocycles. The molecule has 0 aliphatic carbocycles. The molecule has 0 amide bonds. The third kappa shape index (κ3) is 2.41. The van der Waals surface area contributed by atoms with Gasteiger partial charge in [0.25, 0.3) is 0 Å². The first-order valence-corrected chi connectivity index (χ1v) is 5.21. The first kappa shape index (κ1) is 8.42. The summed E-state index contributed by atoms with van der Waals surface area (Å²) < 4.78 is 5.11. The molecule has 1 nitrogen and oxygen atoms in total. The van der Waals surface area contributed by atoms with Crippen LogP contribution in [-0.4, -0.2) is 18.5 Å². The lowest BCUT2D eigenvalue weighted by atomic mass is 10.4. The first-order valence-electron chi connectivity index (χ1n) is 3.84. The zero-order valence-corrected chi connectivity index (χ0v) is 8.07. The Morgan fingerprint density at radius 1 is 1.58 bits per heavy atom. The molecule has 0 radical (unpaired) electrons. The first-order chi connectivity index (χ1) is 5.84. The minimum Gasteiger partial charge on any atom is -0.372 e. The second kappa shape index (κ2) is 3.69. The van der Waals surface area contributed by atoms with Crippen molar-refractivity contribution in [1.29, 1.82) is 0 Å². The summed E-state index contributed by atoms with van der Waals surface area (Å²) in [4.78, 5) is 1.22. The van der Waals surface area contributed by atoms with E-state index in [-0.39, 0.29) is 0 Å². The van der Waals surface area contributed by atoms with E-state index in [1.165, 1.54) is 4.90 Å². The fraction of sp³-hybridized carbons (Fsp3) is 0.333. The van der Waals surface area contributed by atoms with E-state index in [1.54, 1.807) is 11.8 Å². The quantitative estimate of drug-likeness (QED) is 0.550. The van der Waals surface area contributed by atoms with Gasteiger partial charge in [-0.3, -0.25) is 0 Å². The molecule has 1 heterocycles. The topological polar surface area (TPSA) is 12.5 Å². The van der Waals surface area contributed by atoms with Crippen LogP contribution < -0.4 is 0 Å². The molecule has 1 fully saturated rings. The van der Waals surface area contributed by atoms with E-state index in [2.05, 4.69) is 6.07 Å². The van der Waals surface area contributed by atoms with Crippen molar-refractivity contribution < 1.29 is 4.74 Å². The van der Waals surface area contributed by atoms with Crippen LogP contribution in [0.1, 0.15) is 0 Å². The number of hydrogen-bond donors (Lipinski definition) is 0. The number of epoxide rings is 1. The predicted molar refractivity (Wildman–Crippen MR) is 51.9 cm³/mol. The summed E-state index contributed by atoms with van der Waals surface area (Å²) >= 11 is 7.63. The lowest BCUT2D eigenvalue weighted by Crippen LogP contribution is -1.87. The SMILES string of the molecule is Clc1cccc(SCC2CO2)c1. The number of benzene rings is 1. The third-order valence-electron chi connectivity index (χ3n) is 1.63. The van der Waals surface area contributed by atoms with Gasteiger partial charge in [-0.2, -0.15) is 0 Å². The van der Waals surface area contributed by atoms with Crippen molar-refractivity contribution in [3.63, 3.8) is 0 Å². The van der Waals surface area contributed by atoms with E-state index in [4.69, 9.17) is 16.3 Å². The number of rotatable bonds is 3. The van der Waals surface area contributed by atoms with Crippen LogP contribution in [0, 0.1) is 0 Å². The molecule has 1 aliphatic rings. The average Bonchev–Trinajstić information content (AvgIpc) is 2.84. The maximum Gasteiger partial charge on any atom is 0.0903 e. The molecule has 1 unspecified atom stereocenters. The number of thioether (sulfide) groups is 1. The van der Waals surface area contributed by atoms with Crippen molar-refractivity contribution in [3.05, 3.63) is 29.3 Å². The highest BCUT2D eigenvalue weighted by Gasteiger charge is 2.21. The van der Waals surface area contributed by atoms with Crippen LogP contribution in [0.25, 0.3) is 0 Å². The molecule has 0 N–H and O–H groups in total. The minimum absolute atomic E-state index is 0.481. The Morgan fingerprint density at radius 3 is 3.08 bits per heavy atom. The Labute approximate surface area is 81.1 Å². The molecule has 0 saturated carbocycles. The van der Waals surface area contributed by atoms with Gasteiger partial charge in [-0.1, -0.05) is 17.7 Å². The second-order valence-corrected chi connectivity index (χ2v) is 4.25. The smallest absolute Gasteiger partial charge is 0.0903 e. The fourth-order valence-corrected chi connectivity index (χ4v) is 2.12. The molecular formula is C9H9ClOS. The molecule has 64 valence electrons. The fourth-order valence-electron chi connectivity index (χ4n) is 0.910. The number of ether oxygens (including phenoxy) is 1. The van der Waals surface area contributed by atoms with Crippen LogP contribution in [-0.2, 0) is 4.74 Å². The third-order valence-corrected chi connectivity index (χ3v) is 3.00. The molecule has 1 aromatic rings. The van der Waals surface area contributed by atoms with Gasteiger partial charge in [0.1, 0.15) is 0 Å². The van der Waals surface area contributed by atoms with E-state index in [0.717, 1.165) is 17.4 Å². The van der Waals surface area contributed by atoms with Crippen LogP contribution in [0.5, 0.6) is 0 Å². The van der Waals surface area contributed by atoms with Crippen molar-refractivity contribution >= 4 is 23.4 Å². The monoisotopic (exact) mass is 200 g/mol. The molecule has 1 aliphatic heterocycles. The highest BCUT2D eigenvalue weighted by molar-refractivity contribution is 7.99. The van der Waals surface area contributed by atoms with Gasteiger partial charge < -0.3 is 4.74 Å². The average molecular weight is 201 g/mol. The van der Waals surface area contributed by atoms with Gasteiger partial charge in [0.15, 0.2) is 0 Å². The molecule has 1 atom stereocenters. The van der Waals surface area contributed by atoms with Crippen molar-refractivity contribution in [2.75, 3.05) is 12.4 Å². The molecule has 12 heavy (non-hydrogen) atoms. The Kier molecular flexibility index (Phi) is 2.59. The van der Waals surface area contributed by atoms with Crippen LogP contribution >= 0.6 is 23.4 Å². The van der Waals surface area contributed by atoms with Gasteiger partial charge in [-0.05, 0) is 18.2 Å². The summed E-state index contributed by atoms with van der Waals surface area (Å²) in [5.74, 6) is 1.04. The van der Waals surface area contributed by atoms with E-state index in [9.17, 15) is 0 Å². The summed E-state index contributed by atoms with van der Waals surface area (Å²) in [6, 6.07) is 7.91. The van der Waals surface area contributed by atoms with Crippen molar-refractivity contribution in [3.8, 4) is 0 Å². The molecule has 0 spiro atoms. The summed E-state index contributed by atoms with van der Waals surface area (Å²) in [6.07, 6.45) is 0.481. The summed E-state index contributed by atoms with van der Waals surface area (Å²) in [7, 11) is 0. The Balaban J connectivity index is 1.92. The zero-order chi connectivity index (χ0) is 8.39. The van der Waals surface area contributed by atoms with Gasteiger partial charge in [0.2, 0.25) is 0 Å². The standard InChI is InChI=1S/C9H9ClOS/c10-7-2-1-3-9(4-7)12-6-8-5-11-8/h1-4,8H,5-6H2. The van der Waals surface area contributed by atoms with Crippen LogP contribution in [0.3, 0.4) is 0 Å². The molecule has 3 heteroatoms. The zero-order valence-electron chi connectivity index (χ0n) is 6.50. The second-order valence-electron chi connectivity index (χ2n) is 2.72. The van der Waals surface area contributed by atoms with Gasteiger partial charge in [0, 0.05) is 15.7 Å². The Hall–Kier alpha value is -0.180. The number of hydrogen-bond acceptors (Lipinski definition) is 2.